The lowest BCUT2D eigenvalue weighted by Gasteiger charge is -2.11. The first-order valence-electron chi connectivity index (χ1n) is 6.81. The van der Waals surface area contributed by atoms with Gasteiger partial charge in [-0.25, -0.2) is 4.98 Å². The van der Waals surface area contributed by atoms with Crippen molar-refractivity contribution in [2.24, 2.45) is 0 Å². The van der Waals surface area contributed by atoms with E-state index in [2.05, 4.69) is 28.6 Å². The van der Waals surface area contributed by atoms with Gasteiger partial charge in [-0.15, -0.1) is 11.6 Å². The molecule has 0 saturated heterocycles. The van der Waals surface area contributed by atoms with Crippen LogP contribution in [0.1, 0.15) is 23.7 Å². The largest absolute Gasteiger partial charge is 0.382 e. The zero-order valence-electron chi connectivity index (χ0n) is 12.2. The van der Waals surface area contributed by atoms with Crippen molar-refractivity contribution in [3.8, 4) is 0 Å². The maximum absolute atomic E-state index is 6.24. The molecule has 4 nitrogen and oxygen atoms in total. The van der Waals surface area contributed by atoms with E-state index in [1.165, 1.54) is 5.56 Å². The highest BCUT2D eigenvalue weighted by atomic mass is 35.5. The van der Waals surface area contributed by atoms with Crippen LogP contribution in [-0.4, -0.2) is 36.5 Å². The summed E-state index contributed by atoms with van der Waals surface area (Å²) in [6, 6.07) is 6.24. The number of rotatable bonds is 7. The second kappa shape index (κ2) is 7.07. The molecule has 1 aromatic carbocycles. The third kappa shape index (κ3) is 3.51. The number of imidazole rings is 1. The topological polar surface area (TPSA) is 36.3 Å². The molecule has 0 aliphatic carbocycles. The van der Waals surface area contributed by atoms with Crippen LogP contribution in [-0.2, 0) is 16.0 Å². The standard InChI is InChI=1S/C15H21ClN2O2/c1-11-4-5-13-14(10-11)18(15(17-13)12(2)16)6-7-20-9-8-19-3/h4-5,10,12H,6-9H2,1-3H3. The van der Waals surface area contributed by atoms with E-state index in [1.54, 1.807) is 7.11 Å². The number of hydrogen-bond acceptors (Lipinski definition) is 3. The van der Waals surface area contributed by atoms with Gasteiger partial charge in [-0.3, -0.25) is 0 Å². The van der Waals surface area contributed by atoms with Crippen molar-refractivity contribution < 1.29 is 9.47 Å². The maximum atomic E-state index is 6.24. The second-order valence-corrected chi connectivity index (χ2v) is 5.49. The molecule has 0 aliphatic rings. The molecular weight excluding hydrogens is 276 g/mol. The van der Waals surface area contributed by atoms with Gasteiger partial charge in [0, 0.05) is 13.7 Å². The molecule has 0 N–H and O–H groups in total. The minimum Gasteiger partial charge on any atom is -0.382 e. The lowest BCUT2D eigenvalue weighted by atomic mass is 10.2. The first-order chi connectivity index (χ1) is 9.63. The Bertz CT molecular complexity index is 566. The molecule has 0 aliphatic heterocycles. The Kier molecular flexibility index (Phi) is 5.40. The molecule has 0 fully saturated rings. The summed E-state index contributed by atoms with van der Waals surface area (Å²) in [6.07, 6.45) is 0. The van der Waals surface area contributed by atoms with E-state index < -0.39 is 0 Å². The van der Waals surface area contributed by atoms with Gasteiger partial charge >= 0.3 is 0 Å². The molecule has 110 valence electrons. The summed E-state index contributed by atoms with van der Waals surface area (Å²) in [7, 11) is 1.67. The minimum atomic E-state index is -0.123. The summed E-state index contributed by atoms with van der Waals surface area (Å²) in [5, 5.41) is -0.123. The lowest BCUT2D eigenvalue weighted by molar-refractivity contribution is 0.0667. The molecule has 1 atom stereocenters. The SMILES string of the molecule is COCCOCCn1c(C(C)Cl)nc2ccc(C)cc21. The van der Waals surface area contributed by atoms with Gasteiger partial charge in [0.2, 0.25) is 0 Å². The molecule has 0 spiro atoms. The molecule has 2 aromatic rings. The van der Waals surface area contributed by atoms with E-state index in [0.717, 1.165) is 23.4 Å². The first-order valence-corrected chi connectivity index (χ1v) is 7.24. The fourth-order valence-corrected chi connectivity index (χ4v) is 2.36. The van der Waals surface area contributed by atoms with Gasteiger partial charge in [-0.1, -0.05) is 6.07 Å². The second-order valence-electron chi connectivity index (χ2n) is 4.83. The van der Waals surface area contributed by atoms with Crippen LogP contribution in [0.5, 0.6) is 0 Å². The van der Waals surface area contributed by atoms with E-state index in [1.807, 2.05) is 13.0 Å². The van der Waals surface area contributed by atoms with Gasteiger partial charge < -0.3 is 14.0 Å². The predicted molar refractivity (Wildman–Crippen MR) is 81.4 cm³/mol. The Morgan fingerprint density at radius 3 is 2.80 bits per heavy atom. The Morgan fingerprint density at radius 1 is 1.30 bits per heavy atom. The third-order valence-electron chi connectivity index (χ3n) is 3.18. The molecule has 1 aromatic heterocycles. The molecule has 1 heterocycles. The van der Waals surface area contributed by atoms with E-state index in [4.69, 9.17) is 21.1 Å². The molecule has 0 bridgehead atoms. The van der Waals surface area contributed by atoms with Crippen LogP contribution in [0.25, 0.3) is 11.0 Å². The van der Waals surface area contributed by atoms with Crippen LogP contribution in [0.4, 0.5) is 0 Å². The van der Waals surface area contributed by atoms with Crippen LogP contribution in [0.15, 0.2) is 18.2 Å². The Labute approximate surface area is 124 Å². The molecule has 5 heteroatoms. The Balaban J connectivity index is 2.19. The summed E-state index contributed by atoms with van der Waals surface area (Å²) < 4.78 is 12.7. The molecular formula is C15H21ClN2O2. The molecule has 1 unspecified atom stereocenters. The average molecular weight is 297 g/mol. The summed E-state index contributed by atoms with van der Waals surface area (Å²) in [5.74, 6) is 0.891. The van der Waals surface area contributed by atoms with Crippen molar-refractivity contribution in [3.63, 3.8) is 0 Å². The van der Waals surface area contributed by atoms with E-state index in [9.17, 15) is 0 Å². The van der Waals surface area contributed by atoms with Gasteiger partial charge in [0.1, 0.15) is 5.82 Å². The quantitative estimate of drug-likeness (QED) is 0.581. The smallest absolute Gasteiger partial charge is 0.127 e. The van der Waals surface area contributed by atoms with Gasteiger partial charge in [-0.2, -0.15) is 0 Å². The van der Waals surface area contributed by atoms with Crippen molar-refractivity contribution in [2.45, 2.75) is 25.8 Å². The van der Waals surface area contributed by atoms with Gasteiger partial charge in [0.25, 0.3) is 0 Å². The molecule has 0 amide bonds. The molecule has 2 rings (SSSR count). The predicted octanol–water partition coefficient (Wildman–Crippen LogP) is 3.31. The number of benzene rings is 1. The number of fused-ring (bicyclic) bond motifs is 1. The summed E-state index contributed by atoms with van der Waals surface area (Å²) >= 11 is 6.24. The fourth-order valence-electron chi connectivity index (χ4n) is 2.19. The number of alkyl halides is 1. The monoisotopic (exact) mass is 296 g/mol. The normalized spacial score (nSPS) is 13.0. The zero-order chi connectivity index (χ0) is 14.5. The minimum absolute atomic E-state index is 0.123. The van der Waals surface area contributed by atoms with Crippen molar-refractivity contribution in [3.05, 3.63) is 29.6 Å². The van der Waals surface area contributed by atoms with Crippen LogP contribution < -0.4 is 0 Å². The van der Waals surface area contributed by atoms with Gasteiger partial charge in [0.05, 0.1) is 36.2 Å². The Hall–Kier alpha value is -1.10. The van der Waals surface area contributed by atoms with Gasteiger partial charge in [-0.05, 0) is 31.5 Å². The number of nitrogens with zero attached hydrogens (tertiary/aromatic N) is 2. The number of ether oxygens (including phenoxy) is 2. The summed E-state index contributed by atoms with van der Waals surface area (Å²) in [5.41, 5.74) is 3.31. The summed E-state index contributed by atoms with van der Waals surface area (Å²) in [6.45, 7) is 6.61. The number of aryl methyl sites for hydroxylation is 1. The van der Waals surface area contributed by atoms with Crippen LogP contribution in [0.2, 0.25) is 0 Å². The first kappa shape index (κ1) is 15.3. The zero-order valence-corrected chi connectivity index (χ0v) is 13.0. The number of halogens is 1. The van der Waals surface area contributed by atoms with Crippen LogP contribution >= 0.6 is 11.6 Å². The number of aromatic nitrogens is 2. The van der Waals surface area contributed by atoms with Crippen molar-refractivity contribution in [1.82, 2.24) is 9.55 Å². The third-order valence-corrected chi connectivity index (χ3v) is 3.38. The van der Waals surface area contributed by atoms with Crippen LogP contribution in [0.3, 0.4) is 0 Å². The Morgan fingerprint density at radius 2 is 2.10 bits per heavy atom. The van der Waals surface area contributed by atoms with E-state index in [-0.39, 0.29) is 5.38 Å². The van der Waals surface area contributed by atoms with E-state index >= 15 is 0 Å². The van der Waals surface area contributed by atoms with Crippen molar-refractivity contribution in [1.29, 1.82) is 0 Å². The molecule has 20 heavy (non-hydrogen) atoms. The highest BCUT2D eigenvalue weighted by Crippen LogP contribution is 2.25. The van der Waals surface area contributed by atoms with Crippen LogP contribution in [0, 0.1) is 6.92 Å². The average Bonchev–Trinajstić information content (AvgIpc) is 2.77. The number of methoxy groups -OCH3 is 1. The lowest BCUT2D eigenvalue weighted by Crippen LogP contribution is -2.12. The number of hydrogen-bond donors (Lipinski definition) is 0. The van der Waals surface area contributed by atoms with Gasteiger partial charge in [0.15, 0.2) is 0 Å². The highest BCUT2D eigenvalue weighted by molar-refractivity contribution is 6.20. The fraction of sp³-hybridized carbons (Fsp3) is 0.533. The molecule has 0 radical (unpaired) electrons. The van der Waals surface area contributed by atoms with Crippen molar-refractivity contribution in [2.75, 3.05) is 26.9 Å². The highest BCUT2D eigenvalue weighted by Gasteiger charge is 2.14. The molecule has 0 saturated carbocycles. The summed E-state index contributed by atoms with van der Waals surface area (Å²) in [4.78, 5) is 4.62. The maximum Gasteiger partial charge on any atom is 0.127 e. The van der Waals surface area contributed by atoms with Crippen molar-refractivity contribution >= 4 is 22.6 Å². The van der Waals surface area contributed by atoms with E-state index in [0.29, 0.717) is 19.8 Å².